The Morgan fingerprint density at radius 3 is 2.65 bits per heavy atom. The molecular weight excluding hydrogens is 217 g/mol. The molecule has 2 nitrogen and oxygen atoms in total. The van der Waals surface area contributed by atoms with Crippen LogP contribution in [0.2, 0.25) is 0 Å². The van der Waals surface area contributed by atoms with E-state index in [9.17, 15) is 9.50 Å². The lowest BCUT2D eigenvalue weighted by atomic mass is 10.0. The fourth-order valence-electron chi connectivity index (χ4n) is 1.69. The molecule has 0 aromatic heterocycles. The van der Waals surface area contributed by atoms with Gasteiger partial charge in [0, 0.05) is 5.56 Å². The third kappa shape index (κ3) is 2.26. The number of hydrogen-bond acceptors (Lipinski definition) is 2. The number of aryl methyl sites for hydroxylation is 1. The highest BCUT2D eigenvalue weighted by molar-refractivity contribution is 5.68. The molecule has 0 fully saturated rings. The van der Waals surface area contributed by atoms with Crippen molar-refractivity contribution in [1.29, 1.82) is 5.26 Å². The van der Waals surface area contributed by atoms with Crippen molar-refractivity contribution in [1.82, 2.24) is 0 Å². The quantitative estimate of drug-likeness (QED) is 0.811. The lowest BCUT2D eigenvalue weighted by Crippen LogP contribution is -1.87. The first-order chi connectivity index (χ1) is 8.10. The van der Waals surface area contributed by atoms with Crippen LogP contribution in [0.5, 0.6) is 5.75 Å². The second-order valence-electron chi connectivity index (χ2n) is 3.86. The predicted octanol–water partition coefficient (Wildman–Crippen LogP) is 3.38. The monoisotopic (exact) mass is 227 g/mol. The molecule has 0 aliphatic heterocycles. The molecule has 0 amide bonds. The van der Waals surface area contributed by atoms with Gasteiger partial charge in [-0.25, -0.2) is 4.39 Å². The molecule has 1 N–H and O–H groups in total. The first-order valence-electron chi connectivity index (χ1n) is 5.11. The molecule has 0 spiro atoms. The average molecular weight is 227 g/mol. The lowest BCUT2D eigenvalue weighted by Gasteiger charge is -2.06. The summed E-state index contributed by atoms with van der Waals surface area (Å²) in [6.45, 7) is 1.86. The van der Waals surface area contributed by atoms with Crippen molar-refractivity contribution >= 4 is 0 Å². The molecule has 0 saturated heterocycles. The summed E-state index contributed by atoms with van der Waals surface area (Å²) in [5, 5.41) is 18.3. The molecule has 0 bridgehead atoms. The summed E-state index contributed by atoms with van der Waals surface area (Å²) < 4.78 is 13.7. The molecule has 0 atom stereocenters. The number of phenolic OH excluding ortho intramolecular Hbond substituents is 1. The van der Waals surface area contributed by atoms with Gasteiger partial charge in [0.1, 0.15) is 11.6 Å². The number of aromatic hydroxyl groups is 1. The number of halogens is 1. The molecule has 2 rings (SSSR count). The van der Waals surface area contributed by atoms with Gasteiger partial charge in [0.2, 0.25) is 0 Å². The van der Waals surface area contributed by atoms with Gasteiger partial charge in [-0.05, 0) is 42.8 Å². The van der Waals surface area contributed by atoms with Gasteiger partial charge in [0.25, 0.3) is 0 Å². The highest BCUT2D eigenvalue weighted by Crippen LogP contribution is 2.28. The molecule has 0 heterocycles. The van der Waals surface area contributed by atoms with Crippen molar-refractivity contribution in [3.8, 4) is 22.9 Å². The summed E-state index contributed by atoms with van der Waals surface area (Å²) in [6.07, 6.45) is 0. The van der Waals surface area contributed by atoms with E-state index in [1.165, 1.54) is 18.2 Å². The van der Waals surface area contributed by atoms with Crippen LogP contribution in [0.3, 0.4) is 0 Å². The highest BCUT2D eigenvalue weighted by Gasteiger charge is 2.07. The van der Waals surface area contributed by atoms with Crippen LogP contribution in [-0.2, 0) is 0 Å². The standard InChI is InChI=1S/C14H10FNO/c1-9-2-3-14(15)13(4-9)11-5-10(8-16)6-12(17)7-11/h2-7,17H,1H3. The van der Waals surface area contributed by atoms with Gasteiger partial charge in [-0.15, -0.1) is 0 Å². The van der Waals surface area contributed by atoms with Gasteiger partial charge >= 0.3 is 0 Å². The van der Waals surface area contributed by atoms with E-state index in [0.717, 1.165) is 5.56 Å². The molecule has 0 unspecified atom stereocenters. The topological polar surface area (TPSA) is 44.0 Å². The summed E-state index contributed by atoms with van der Waals surface area (Å²) in [4.78, 5) is 0. The fourth-order valence-corrected chi connectivity index (χ4v) is 1.69. The zero-order chi connectivity index (χ0) is 12.4. The predicted molar refractivity (Wildman–Crippen MR) is 63.0 cm³/mol. The molecule has 17 heavy (non-hydrogen) atoms. The van der Waals surface area contributed by atoms with E-state index in [0.29, 0.717) is 16.7 Å². The SMILES string of the molecule is Cc1ccc(F)c(-c2cc(O)cc(C#N)c2)c1. The minimum Gasteiger partial charge on any atom is -0.508 e. The van der Waals surface area contributed by atoms with Crippen LogP contribution in [0.15, 0.2) is 36.4 Å². The van der Waals surface area contributed by atoms with Gasteiger partial charge in [-0.2, -0.15) is 5.26 Å². The Kier molecular flexibility index (Phi) is 2.80. The van der Waals surface area contributed by atoms with E-state index in [1.54, 1.807) is 18.2 Å². The summed E-state index contributed by atoms with van der Waals surface area (Å²) in [7, 11) is 0. The number of benzene rings is 2. The molecule has 0 aliphatic carbocycles. The van der Waals surface area contributed by atoms with Crippen LogP contribution >= 0.6 is 0 Å². The minimum absolute atomic E-state index is 0.0417. The smallest absolute Gasteiger partial charge is 0.131 e. The second-order valence-corrected chi connectivity index (χ2v) is 3.86. The van der Waals surface area contributed by atoms with Crippen LogP contribution in [-0.4, -0.2) is 5.11 Å². The Morgan fingerprint density at radius 2 is 1.94 bits per heavy atom. The maximum absolute atomic E-state index is 13.7. The van der Waals surface area contributed by atoms with Crippen molar-refractivity contribution in [3.63, 3.8) is 0 Å². The van der Waals surface area contributed by atoms with Crippen LogP contribution in [0, 0.1) is 24.1 Å². The van der Waals surface area contributed by atoms with E-state index >= 15 is 0 Å². The Morgan fingerprint density at radius 1 is 1.18 bits per heavy atom. The van der Waals surface area contributed by atoms with E-state index in [2.05, 4.69) is 0 Å². The van der Waals surface area contributed by atoms with Gasteiger partial charge in [0.05, 0.1) is 11.6 Å². The summed E-state index contributed by atoms with van der Waals surface area (Å²) in [5.41, 5.74) is 2.12. The van der Waals surface area contributed by atoms with Crippen molar-refractivity contribution < 1.29 is 9.50 Å². The van der Waals surface area contributed by atoms with E-state index in [-0.39, 0.29) is 11.6 Å². The van der Waals surface area contributed by atoms with Crippen molar-refractivity contribution in [2.75, 3.05) is 0 Å². The zero-order valence-corrected chi connectivity index (χ0v) is 9.24. The van der Waals surface area contributed by atoms with Gasteiger partial charge < -0.3 is 5.11 Å². The number of rotatable bonds is 1. The third-order valence-corrected chi connectivity index (χ3v) is 2.48. The van der Waals surface area contributed by atoms with Crippen molar-refractivity contribution in [3.05, 3.63) is 53.3 Å². The van der Waals surface area contributed by atoms with Gasteiger partial charge in [0.15, 0.2) is 0 Å². The first kappa shape index (κ1) is 11.2. The van der Waals surface area contributed by atoms with E-state index < -0.39 is 0 Å². The van der Waals surface area contributed by atoms with Crippen LogP contribution in [0.25, 0.3) is 11.1 Å². The number of hydrogen-bond donors (Lipinski definition) is 1. The fraction of sp³-hybridized carbons (Fsp3) is 0.0714. The molecular formula is C14H10FNO. The van der Waals surface area contributed by atoms with Gasteiger partial charge in [-0.3, -0.25) is 0 Å². The molecule has 3 heteroatoms. The first-order valence-corrected chi connectivity index (χ1v) is 5.11. The van der Waals surface area contributed by atoms with Crippen LogP contribution in [0.4, 0.5) is 4.39 Å². The average Bonchev–Trinajstić information content (AvgIpc) is 2.31. The molecule has 0 saturated carbocycles. The number of phenols is 1. The maximum atomic E-state index is 13.7. The van der Waals surface area contributed by atoms with Crippen molar-refractivity contribution in [2.24, 2.45) is 0 Å². The van der Waals surface area contributed by atoms with E-state index in [4.69, 9.17) is 5.26 Å². The van der Waals surface area contributed by atoms with E-state index in [1.807, 2.05) is 13.0 Å². The Balaban J connectivity index is 2.64. The summed E-state index contributed by atoms with van der Waals surface area (Å²) in [6, 6.07) is 11.0. The van der Waals surface area contributed by atoms with Crippen LogP contribution < -0.4 is 0 Å². The molecule has 0 aliphatic rings. The Bertz CT molecular complexity index is 614. The largest absolute Gasteiger partial charge is 0.508 e. The number of nitrogens with zero attached hydrogens (tertiary/aromatic N) is 1. The normalized spacial score (nSPS) is 9.94. The molecule has 2 aromatic rings. The molecule has 84 valence electrons. The summed E-state index contributed by atoms with van der Waals surface area (Å²) >= 11 is 0. The molecule has 0 radical (unpaired) electrons. The second kappa shape index (κ2) is 4.26. The van der Waals surface area contributed by atoms with Crippen LogP contribution in [0.1, 0.15) is 11.1 Å². The third-order valence-electron chi connectivity index (χ3n) is 2.48. The van der Waals surface area contributed by atoms with Crippen molar-refractivity contribution in [2.45, 2.75) is 6.92 Å². The highest BCUT2D eigenvalue weighted by atomic mass is 19.1. The number of nitriles is 1. The lowest BCUT2D eigenvalue weighted by molar-refractivity contribution is 0.475. The molecule has 2 aromatic carbocycles. The minimum atomic E-state index is -0.370. The maximum Gasteiger partial charge on any atom is 0.131 e. The summed E-state index contributed by atoms with van der Waals surface area (Å²) in [5.74, 6) is -0.412. The Hall–Kier alpha value is -2.34. The zero-order valence-electron chi connectivity index (χ0n) is 9.24. The Labute approximate surface area is 98.6 Å². The van der Waals surface area contributed by atoms with Gasteiger partial charge in [-0.1, -0.05) is 11.6 Å².